The molecule has 6 heteroatoms. The first-order chi connectivity index (χ1) is 11.1. The van der Waals surface area contributed by atoms with Gasteiger partial charge in [-0.1, -0.05) is 38.5 Å². The summed E-state index contributed by atoms with van der Waals surface area (Å²) < 4.78 is 20.7. The van der Waals surface area contributed by atoms with Crippen LogP contribution in [-0.2, 0) is 9.09 Å². The SMILES string of the molecule is CCCCC(=Nc1ccccc1)N(C)P(=O)(OCC)SCCC. The van der Waals surface area contributed by atoms with Gasteiger partial charge in [-0.05, 0) is 43.3 Å². The van der Waals surface area contributed by atoms with Gasteiger partial charge in [-0.2, -0.15) is 0 Å². The van der Waals surface area contributed by atoms with E-state index in [1.807, 2.05) is 44.3 Å². The molecule has 0 fully saturated rings. The molecule has 1 atom stereocenters. The Morgan fingerprint density at radius 1 is 1.22 bits per heavy atom. The fourth-order valence-corrected chi connectivity index (χ4v) is 6.17. The molecule has 0 saturated carbocycles. The van der Waals surface area contributed by atoms with Crippen LogP contribution in [0.5, 0.6) is 0 Å². The molecule has 1 aromatic rings. The number of nitrogens with zero attached hydrogens (tertiary/aromatic N) is 2. The first-order valence-corrected chi connectivity index (χ1v) is 11.5. The van der Waals surface area contributed by atoms with E-state index < -0.39 is 6.72 Å². The molecule has 0 aromatic heterocycles. The van der Waals surface area contributed by atoms with Crippen molar-refractivity contribution in [1.29, 1.82) is 0 Å². The first kappa shape index (κ1) is 20.3. The quantitative estimate of drug-likeness (QED) is 0.287. The van der Waals surface area contributed by atoms with E-state index >= 15 is 0 Å². The predicted octanol–water partition coefficient (Wildman–Crippen LogP) is 6.13. The lowest BCUT2D eigenvalue weighted by atomic mass is 10.2. The summed E-state index contributed by atoms with van der Waals surface area (Å²) in [5, 5.41) is 0. The van der Waals surface area contributed by atoms with Crippen LogP contribution in [0.25, 0.3) is 0 Å². The third kappa shape index (κ3) is 6.70. The molecule has 0 amide bonds. The lowest BCUT2D eigenvalue weighted by molar-refractivity contribution is 0.322. The van der Waals surface area contributed by atoms with Crippen molar-refractivity contribution in [1.82, 2.24) is 4.67 Å². The second-order valence-electron chi connectivity index (χ2n) is 5.21. The van der Waals surface area contributed by atoms with E-state index in [2.05, 4.69) is 13.8 Å². The minimum Gasteiger partial charge on any atom is -0.306 e. The summed E-state index contributed by atoms with van der Waals surface area (Å²) in [7, 11) is 1.84. The molecule has 0 spiro atoms. The van der Waals surface area contributed by atoms with Crippen molar-refractivity contribution in [2.45, 2.75) is 46.5 Å². The van der Waals surface area contributed by atoms with E-state index in [0.29, 0.717) is 6.61 Å². The highest BCUT2D eigenvalue weighted by Crippen LogP contribution is 2.62. The van der Waals surface area contributed by atoms with Crippen molar-refractivity contribution in [3.63, 3.8) is 0 Å². The van der Waals surface area contributed by atoms with Crippen LogP contribution in [0.2, 0.25) is 0 Å². The lowest BCUT2D eigenvalue weighted by Gasteiger charge is -2.29. The smallest absolute Gasteiger partial charge is 0.306 e. The van der Waals surface area contributed by atoms with Crippen LogP contribution in [0.1, 0.15) is 46.5 Å². The molecule has 4 nitrogen and oxygen atoms in total. The molecule has 1 rings (SSSR count). The van der Waals surface area contributed by atoms with Crippen LogP contribution in [0, 0.1) is 0 Å². The van der Waals surface area contributed by atoms with Crippen molar-refractivity contribution < 1.29 is 9.09 Å². The highest BCUT2D eigenvalue weighted by Gasteiger charge is 2.31. The maximum Gasteiger partial charge on any atom is 0.354 e. The van der Waals surface area contributed by atoms with Gasteiger partial charge in [-0.3, -0.25) is 9.24 Å². The molecular weight excluding hydrogens is 327 g/mol. The maximum atomic E-state index is 13.3. The number of para-hydroxylation sites is 1. The second kappa shape index (κ2) is 10.9. The van der Waals surface area contributed by atoms with Crippen LogP contribution in [0.3, 0.4) is 0 Å². The Bertz CT molecular complexity index is 523. The molecule has 0 radical (unpaired) electrons. The van der Waals surface area contributed by atoms with Crippen molar-refractivity contribution >= 4 is 29.6 Å². The Labute approximate surface area is 145 Å². The van der Waals surface area contributed by atoms with Gasteiger partial charge in [0.25, 0.3) is 0 Å². The van der Waals surface area contributed by atoms with Crippen molar-refractivity contribution in [3.05, 3.63) is 30.3 Å². The summed E-state index contributed by atoms with van der Waals surface area (Å²) in [6, 6.07) is 9.82. The lowest BCUT2D eigenvalue weighted by Crippen LogP contribution is -2.24. The number of benzene rings is 1. The van der Waals surface area contributed by atoms with Crippen molar-refractivity contribution in [2.24, 2.45) is 4.99 Å². The zero-order valence-electron chi connectivity index (χ0n) is 14.7. The Hall–Kier alpha value is -0.770. The standard InChI is InChI=1S/C17H29N2O2PS/c1-5-8-14-17(18-16-12-10-9-11-13-16)19(4)22(20,21-7-3)23-15-6-2/h9-13H,5-8,14-15H2,1-4H3. The van der Waals surface area contributed by atoms with Crippen LogP contribution >= 0.6 is 18.1 Å². The summed E-state index contributed by atoms with van der Waals surface area (Å²) in [5.74, 6) is 1.65. The van der Waals surface area contributed by atoms with Crippen molar-refractivity contribution in [3.8, 4) is 0 Å². The van der Waals surface area contributed by atoms with Gasteiger partial charge in [0, 0.05) is 19.2 Å². The Morgan fingerprint density at radius 2 is 1.91 bits per heavy atom. The predicted molar refractivity (Wildman–Crippen MR) is 103 cm³/mol. The average molecular weight is 356 g/mol. The van der Waals surface area contributed by atoms with E-state index in [1.165, 1.54) is 11.4 Å². The minimum atomic E-state index is -2.94. The minimum absolute atomic E-state index is 0.435. The van der Waals surface area contributed by atoms with Crippen molar-refractivity contribution in [2.75, 3.05) is 19.4 Å². The zero-order chi connectivity index (χ0) is 17.1. The molecule has 130 valence electrons. The molecule has 0 aliphatic rings. The maximum absolute atomic E-state index is 13.3. The summed E-state index contributed by atoms with van der Waals surface area (Å²) in [4.78, 5) is 4.73. The van der Waals surface area contributed by atoms with Gasteiger partial charge in [0.2, 0.25) is 0 Å². The highest BCUT2D eigenvalue weighted by atomic mass is 32.7. The molecule has 1 aromatic carbocycles. The van der Waals surface area contributed by atoms with Gasteiger partial charge in [-0.15, -0.1) is 0 Å². The summed E-state index contributed by atoms with van der Waals surface area (Å²) >= 11 is 1.41. The van der Waals surface area contributed by atoms with Gasteiger partial charge in [0.05, 0.1) is 12.3 Å². The van der Waals surface area contributed by atoms with E-state index in [9.17, 15) is 4.57 Å². The highest BCUT2D eigenvalue weighted by molar-refractivity contribution is 8.56. The third-order valence-corrected chi connectivity index (χ3v) is 8.31. The number of unbranched alkanes of at least 4 members (excludes halogenated alkanes) is 1. The summed E-state index contributed by atoms with van der Waals surface area (Å²) in [5.41, 5.74) is 0.883. The van der Waals surface area contributed by atoms with Crippen LogP contribution in [-0.4, -0.2) is 29.9 Å². The van der Waals surface area contributed by atoms with E-state index in [4.69, 9.17) is 9.52 Å². The third-order valence-electron chi connectivity index (χ3n) is 3.26. The topological polar surface area (TPSA) is 41.9 Å². The second-order valence-corrected chi connectivity index (χ2v) is 9.83. The summed E-state index contributed by atoms with van der Waals surface area (Å²) in [6.07, 6.45) is 3.85. The van der Waals surface area contributed by atoms with Gasteiger partial charge in [0.15, 0.2) is 0 Å². The van der Waals surface area contributed by atoms with Crippen LogP contribution in [0.4, 0.5) is 5.69 Å². The fourth-order valence-electron chi connectivity index (χ4n) is 2.00. The van der Waals surface area contributed by atoms with E-state index in [1.54, 1.807) is 4.67 Å². The molecule has 0 N–H and O–H groups in total. The zero-order valence-corrected chi connectivity index (χ0v) is 16.4. The first-order valence-electron chi connectivity index (χ1n) is 8.33. The normalized spacial score (nSPS) is 14.5. The number of amidine groups is 1. The largest absolute Gasteiger partial charge is 0.354 e. The Balaban J connectivity index is 3.07. The van der Waals surface area contributed by atoms with Gasteiger partial charge in [-0.25, -0.2) is 4.99 Å². The van der Waals surface area contributed by atoms with Gasteiger partial charge in [0.1, 0.15) is 5.84 Å². The molecule has 0 aliphatic carbocycles. The molecule has 0 bridgehead atoms. The average Bonchev–Trinajstić information content (AvgIpc) is 2.57. The Morgan fingerprint density at radius 3 is 2.48 bits per heavy atom. The molecule has 0 heterocycles. The van der Waals surface area contributed by atoms with E-state index in [-0.39, 0.29) is 0 Å². The monoisotopic (exact) mass is 356 g/mol. The van der Waals surface area contributed by atoms with Gasteiger partial charge >= 0.3 is 6.72 Å². The fraction of sp³-hybridized carbons (Fsp3) is 0.588. The molecule has 0 aliphatic heterocycles. The van der Waals surface area contributed by atoms with Crippen LogP contribution < -0.4 is 0 Å². The molecule has 23 heavy (non-hydrogen) atoms. The van der Waals surface area contributed by atoms with Gasteiger partial charge < -0.3 is 4.52 Å². The molecular formula is C17H29N2O2PS. The number of hydrogen-bond acceptors (Lipinski definition) is 4. The number of aliphatic imine (C=N–C) groups is 1. The number of rotatable bonds is 10. The van der Waals surface area contributed by atoms with Crippen LogP contribution in [0.15, 0.2) is 35.3 Å². The summed E-state index contributed by atoms with van der Waals surface area (Å²) in [6.45, 7) is 3.61. The van der Waals surface area contributed by atoms with E-state index in [0.717, 1.165) is 43.0 Å². The molecule has 1 unspecified atom stereocenters. The number of hydrogen-bond donors (Lipinski definition) is 0. The molecule has 0 saturated heterocycles. The Kier molecular flexibility index (Phi) is 9.61.